The van der Waals surface area contributed by atoms with Crippen LogP contribution in [0.15, 0.2) is 12.2 Å². The van der Waals surface area contributed by atoms with Gasteiger partial charge in [-0.05, 0) is 50.4 Å². The van der Waals surface area contributed by atoms with Gasteiger partial charge in [0.05, 0.1) is 0 Å². The third-order valence-electron chi connectivity index (χ3n) is 4.70. The first kappa shape index (κ1) is 13.6. The Balaban J connectivity index is 1.95. The molecule has 2 heteroatoms. The number of carbonyl (C=O) groups is 1. The van der Waals surface area contributed by atoms with E-state index < -0.39 is 0 Å². The van der Waals surface area contributed by atoms with Crippen LogP contribution in [0, 0.1) is 17.8 Å². The van der Waals surface area contributed by atoms with E-state index in [0.29, 0.717) is 11.5 Å². The fourth-order valence-electron chi connectivity index (χ4n) is 3.84. The van der Waals surface area contributed by atoms with Gasteiger partial charge in [0.1, 0.15) is 6.10 Å². The minimum absolute atomic E-state index is 0.109. The third-order valence-corrected chi connectivity index (χ3v) is 4.70. The van der Waals surface area contributed by atoms with Crippen LogP contribution < -0.4 is 0 Å². The van der Waals surface area contributed by atoms with E-state index in [1.807, 2.05) is 0 Å². The van der Waals surface area contributed by atoms with Gasteiger partial charge in [-0.3, -0.25) is 0 Å². The average Bonchev–Trinajstić information content (AvgIpc) is 2.34. The van der Waals surface area contributed by atoms with Crippen LogP contribution in [0.1, 0.15) is 58.8 Å². The molecule has 2 aliphatic rings. The molecule has 2 fully saturated rings. The molecular formula is C16H26O2. The van der Waals surface area contributed by atoms with Gasteiger partial charge in [-0.2, -0.15) is 0 Å². The zero-order valence-electron chi connectivity index (χ0n) is 11.8. The number of ether oxygens (including phenoxy) is 1. The summed E-state index contributed by atoms with van der Waals surface area (Å²) in [5, 5.41) is 0. The molecule has 3 atom stereocenters. The van der Waals surface area contributed by atoms with Crippen LogP contribution in [-0.2, 0) is 9.53 Å². The lowest BCUT2D eigenvalue weighted by atomic mass is 9.66. The summed E-state index contributed by atoms with van der Waals surface area (Å²) in [5.74, 6) is 2.15. The first-order chi connectivity index (χ1) is 8.60. The van der Waals surface area contributed by atoms with Crippen LogP contribution in [0.25, 0.3) is 0 Å². The fourth-order valence-corrected chi connectivity index (χ4v) is 3.84. The number of rotatable bonds is 4. The molecule has 0 spiro atoms. The molecule has 0 aromatic heterocycles. The Morgan fingerprint density at radius 3 is 2.39 bits per heavy atom. The Labute approximate surface area is 111 Å². The van der Waals surface area contributed by atoms with Crippen molar-refractivity contribution in [3.63, 3.8) is 0 Å². The number of hydrogen-bond donors (Lipinski definition) is 0. The van der Waals surface area contributed by atoms with Gasteiger partial charge in [0, 0.05) is 5.57 Å². The quantitative estimate of drug-likeness (QED) is 0.554. The molecule has 2 rings (SSSR count). The van der Waals surface area contributed by atoms with Gasteiger partial charge < -0.3 is 4.74 Å². The van der Waals surface area contributed by atoms with Crippen molar-refractivity contribution in [1.82, 2.24) is 0 Å². The normalized spacial score (nSPS) is 32.7. The van der Waals surface area contributed by atoms with Crippen molar-refractivity contribution in [3.8, 4) is 0 Å². The molecule has 2 bridgehead atoms. The van der Waals surface area contributed by atoms with E-state index in [0.717, 1.165) is 18.3 Å². The zero-order valence-corrected chi connectivity index (χ0v) is 11.8. The molecule has 0 saturated heterocycles. The van der Waals surface area contributed by atoms with Crippen LogP contribution in [0.5, 0.6) is 0 Å². The molecule has 0 N–H and O–H groups in total. The summed E-state index contributed by atoms with van der Waals surface area (Å²) in [6.07, 6.45) is 9.17. The maximum Gasteiger partial charge on any atom is 0.333 e. The number of esters is 1. The Kier molecular flexibility index (Phi) is 4.47. The van der Waals surface area contributed by atoms with Gasteiger partial charge in [0.2, 0.25) is 0 Å². The third kappa shape index (κ3) is 3.15. The maximum absolute atomic E-state index is 11.7. The van der Waals surface area contributed by atoms with E-state index in [4.69, 9.17) is 4.74 Å². The van der Waals surface area contributed by atoms with Crippen molar-refractivity contribution in [3.05, 3.63) is 12.2 Å². The second kappa shape index (κ2) is 5.90. The predicted octanol–water partition coefficient (Wildman–Crippen LogP) is 4.10. The molecule has 0 heterocycles. The van der Waals surface area contributed by atoms with Crippen LogP contribution >= 0.6 is 0 Å². The number of hydrogen-bond acceptors (Lipinski definition) is 2. The maximum atomic E-state index is 11.7. The SMILES string of the molecule is C=C(C)C(=O)OC(CC)C1CC2CCCC(C2)C1. The minimum Gasteiger partial charge on any atom is -0.459 e. The lowest BCUT2D eigenvalue weighted by Gasteiger charge is -2.41. The minimum atomic E-state index is -0.211. The van der Waals surface area contributed by atoms with E-state index >= 15 is 0 Å². The summed E-state index contributed by atoms with van der Waals surface area (Å²) < 4.78 is 5.63. The molecule has 102 valence electrons. The van der Waals surface area contributed by atoms with Crippen molar-refractivity contribution >= 4 is 5.97 Å². The van der Waals surface area contributed by atoms with Crippen molar-refractivity contribution in [2.75, 3.05) is 0 Å². The smallest absolute Gasteiger partial charge is 0.333 e. The van der Waals surface area contributed by atoms with Gasteiger partial charge in [-0.25, -0.2) is 4.79 Å². The topological polar surface area (TPSA) is 26.3 Å². The Hall–Kier alpha value is -0.790. The van der Waals surface area contributed by atoms with E-state index in [2.05, 4.69) is 13.5 Å². The van der Waals surface area contributed by atoms with E-state index in [-0.39, 0.29) is 12.1 Å². The van der Waals surface area contributed by atoms with Crippen LogP contribution in [-0.4, -0.2) is 12.1 Å². The molecular weight excluding hydrogens is 224 g/mol. The largest absolute Gasteiger partial charge is 0.459 e. The summed E-state index contributed by atoms with van der Waals surface area (Å²) in [4.78, 5) is 11.7. The standard InChI is InChI=1S/C16H26O2/c1-4-15(18-16(17)11(2)3)14-9-12-6-5-7-13(8-12)10-14/h12-15H,2,4-10H2,1,3H3. The monoisotopic (exact) mass is 250 g/mol. The van der Waals surface area contributed by atoms with Crippen molar-refractivity contribution < 1.29 is 9.53 Å². The van der Waals surface area contributed by atoms with Gasteiger partial charge in [0.25, 0.3) is 0 Å². The lowest BCUT2D eigenvalue weighted by Crippen LogP contribution is -2.35. The van der Waals surface area contributed by atoms with Gasteiger partial charge >= 0.3 is 5.97 Å². The lowest BCUT2D eigenvalue weighted by molar-refractivity contribution is -0.149. The molecule has 2 aliphatic carbocycles. The molecule has 2 saturated carbocycles. The zero-order chi connectivity index (χ0) is 13.1. The summed E-state index contributed by atoms with van der Waals surface area (Å²) in [6.45, 7) is 7.52. The summed E-state index contributed by atoms with van der Waals surface area (Å²) in [7, 11) is 0. The van der Waals surface area contributed by atoms with Crippen molar-refractivity contribution in [2.45, 2.75) is 64.9 Å². The Bertz CT molecular complexity index is 309. The van der Waals surface area contributed by atoms with Crippen molar-refractivity contribution in [2.24, 2.45) is 17.8 Å². The van der Waals surface area contributed by atoms with E-state index in [1.165, 1.54) is 38.5 Å². The molecule has 0 radical (unpaired) electrons. The molecule has 3 unspecified atom stereocenters. The predicted molar refractivity (Wildman–Crippen MR) is 73.2 cm³/mol. The van der Waals surface area contributed by atoms with Gasteiger partial charge in [0.15, 0.2) is 0 Å². The first-order valence-electron chi connectivity index (χ1n) is 7.46. The van der Waals surface area contributed by atoms with Crippen LogP contribution in [0.4, 0.5) is 0 Å². The van der Waals surface area contributed by atoms with E-state index in [1.54, 1.807) is 6.92 Å². The van der Waals surface area contributed by atoms with E-state index in [9.17, 15) is 4.79 Å². The first-order valence-corrected chi connectivity index (χ1v) is 7.46. The van der Waals surface area contributed by atoms with Crippen molar-refractivity contribution in [1.29, 1.82) is 0 Å². The Morgan fingerprint density at radius 2 is 1.89 bits per heavy atom. The highest BCUT2D eigenvalue weighted by atomic mass is 16.5. The molecule has 0 aromatic rings. The highest BCUT2D eigenvalue weighted by Crippen LogP contribution is 2.44. The molecule has 18 heavy (non-hydrogen) atoms. The molecule has 0 aliphatic heterocycles. The summed E-state index contributed by atoms with van der Waals surface area (Å²) in [6, 6.07) is 0. The highest BCUT2D eigenvalue weighted by Gasteiger charge is 2.36. The summed E-state index contributed by atoms with van der Waals surface area (Å²) >= 11 is 0. The van der Waals surface area contributed by atoms with Gasteiger partial charge in [-0.1, -0.05) is 32.8 Å². The average molecular weight is 250 g/mol. The highest BCUT2D eigenvalue weighted by molar-refractivity contribution is 5.87. The van der Waals surface area contributed by atoms with Crippen LogP contribution in [0.3, 0.4) is 0 Å². The molecule has 0 amide bonds. The Morgan fingerprint density at radius 1 is 1.28 bits per heavy atom. The number of fused-ring (bicyclic) bond motifs is 2. The molecule has 0 aromatic carbocycles. The van der Waals surface area contributed by atoms with Crippen LogP contribution in [0.2, 0.25) is 0 Å². The second-order valence-corrected chi connectivity index (χ2v) is 6.26. The second-order valence-electron chi connectivity index (χ2n) is 6.26. The van der Waals surface area contributed by atoms with Gasteiger partial charge in [-0.15, -0.1) is 0 Å². The summed E-state index contributed by atoms with van der Waals surface area (Å²) in [5.41, 5.74) is 0.518. The fraction of sp³-hybridized carbons (Fsp3) is 0.812. The molecule has 2 nitrogen and oxygen atoms in total. The number of carbonyl (C=O) groups excluding carboxylic acids is 1.